The summed E-state index contributed by atoms with van der Waals surface area (Å²) in [6, 6.07) is 0. The Kier molecular flexibility index (Phi) is 17.2. The Morgan fingerprint density at radius 1 is 0.523 bits per heavy atom. The number of benzene rings is 1. The maximum Gasteiger partial charge on any atom is 0.245 e. The van der Waals surface area contributed by atoms with Crippen LogP contribution >= 0.6 is 0 Å². The molecule has 0 radical (unpaired) electrons. The van der Waals surface area contributed by atoms with Crippen LogP contribution in [-0.2, 0) is 14.4 Å². The van der Waals surface area contributed by atoms with E-state index < -0.39 is 51.2 Å². The van der Waals surface area contributed by atoms with Gasteiger partial charge >= 0.3 is 0 Å². The molecule has 8 N–H and O–H groups in total. The van der Waals surface area contributed by atoms with E-state index in [4.69, 9.17) is 10.2 Å². The highest BCUT2D eigenvalue weighted by Gasteiger charge is 2.25. The number of aromatic hydroxyl groups is 3. The minimum atomic E-state index is -0.747. The number of nitrogens with one attached hydrogen (secondary N) is 3. The van der Waals surface area contributed by atoms with Crippen LogP contribution in [-0.4, -0.2) is 74.1 Å². The SMILES string of the molecule is CC(C)(C)C(=O)N/N=C/c1c(O)c(/C=N/NC(=O)C(C)(C)C)c(O)c(/C=N/NC(=O)C(C)(C)C)c1O.CC(C)O.CC(C)O. The third-order valence-corrected chi connectivity index (χ3v) is 4.65. The van der Waals surface area contributed by atoms with Crippen LogP contribution in [0.15, 0.2) is 15.3 Å². The number of carbonyl (C=O) groups is 3. The van der Waals surface area contributed by atoms with Crippen molar-refractivity contribution in [1.82, 2.24) is 16.3 Å². The van der Waals surface area contributed by atoms with E-state index in [1.54, 1.807) is 90.0 Å². The number of amides is 3. The monoisotopic (exact) mass is 624 g/mol. The molecule has 0 aliphatic rings. The van der Waals surface area contributed by atoms with Crippen molar-refractivity contribution in [3.8, 4) is 17.2 Å². The molecule has 250 valence electrons. The molecule has 0 bridgehead atoms. The first-order valence-electron chi connectivity index (χ1n) is 13.9. The van der Waals surface area contributed by atoms with Crippen LogP contribution in [0.5, 0.6) is 17.2 Å². The predicted octanol–water partition coefficient (Wildman–Crippen LogP) is 3.07. The van der Waals surface area contributed by atoms with Crippen molar-refractivity contribution in [3.05, 3.63) is 16.7 Å². The van der Waals surface area contributed by atoms with Crippen molar-refractivity contribution in [2.75, 3.05) is 0 Å². The molecular formula is C30H52N6O8. The number of carbonyl (C=O) groups excluding carboxylic acids is 3. The summed E-state index contributed by atoms with van der Waals surface area (Å²) in [5.74, 6) is -3.17. The fourth-order valence-electron chi connectivity index (χ4n) is 2.11. The Balaban J connectivity index is 0. The van der Waals surface area contributed by atoms with Crippen LogP contribution < -0.4 is 16.3 Å². The average Bonchev–Trinajstić information content (AvgIpc) is 2.82. The van der Waals surface area contributed by atoms with Crippen molar-refractivity contribution in [1.29, 1.82) is 0 Å². The molecule has 0 aromatic heterocycles. The molecule has 3 amide bonds. The zero-order chi connectivity index (χ0) is 35.2. The summed E-state index contributed by atoms with van der Waals surface area (Å²) in [6.45, 7) is 22.0. The summed E-state index contributed by atoms with van der Waals surface area (Å²) in [4.78, 5) is 36.2. The van der Waals surface area contributed by atoms with Crippen molar-refractivity contribution >= 4 is 36.4 Å². The van der Waals surface area contributed by atoms with Crippen molar-refractivity contribution in [3.63, 3.8) is 0 Å². The molecule has 14 nitrogen and oxygen atoms in total. The summed E-state index contributed by atoms with van der Waals surface area (Å²) in [7, 11) is 0. The van der Waals surface area contributed by atoms with Crippen LogP contribution in [0.1, 0.15) is 107 Å². The Labute approximate surface area is 260 Å². The van der Waals surface area contributed by atoms with E-state index in [-0.39, 0.29) is 28.9 Å². The Morgan fingerprint density at radius 3 is 0.818 bits per heavy atom. The maximum atomic E-state index is 12.1. The summed E-state index contributed by atoms with van der Waals surface area (Å²) in [5.41, 5.74) is 3.79. The van der Waals surface area contributed by atoms with Gasteiger partial charge in [-0.1, -0.05) is 62.3 Å². The highest BCUT2D eigenvalue weighted by Crippen LogP contribution is 2.39. The highest BCUT2D eigenvalue weighted by atomic mass is 16.3. The minimum absolute atomic E-state index is 0.167. The first kappa shape index (κ1) is 42.1. The zero-order valence-corrected chi connectivity index (χ0v) is 28.2. The standard InChI is InChI=1S/C24H36N6O6.2C3H8O/c1-22(2,3)19(34)28-25-10-13-16(31)14(11-26-29-20(35)23(4,5)6)18(33)15(17(13)32)12-27-30-21(36)24(7,8)9;2*1-3(2)4/h10-12,31-33H,1-9H3,(H,28,34)(H,29,35)(H,30,36);2*3-4H,1-2H3/b25-10+,26-11+,27-12+;;. The second kappa shape index (κ2) is 17.9. The van der Waals surface area contributed by atoms with Gasteiger partial charge in [0.2, 0.25) is 17.7 Å². The number of aliphatic hydroxyl groups excluding tert-OH is 2. The molecule has 1 rings (SSSR count). The molecule has 1 aromatic carbocycles. The van der Waals surface area contributed by atoms with E-state index in [0.29, 0.717) is 0 Å². The van der Waals surface area contributed by atoms with E-state index in [2.05, 4.69) is 31.6 Å². The van der Waals surface area contributed by atoms with Gasteiger partial charge in [-0.25, -0.2) is 16.3 Å². The quantitative estimate of drug-likeness (QED) is 0.173. The molecule has 1 aromatic rings. The number of hydrogen-bond donors (Lipinski definition) is 8. The summed E-state index contributed by atoms with van der Waals surface area (Å²) < 4.78 is 0. The second-order valence-corrected chi connectivity index (χ2v) is 13.3. The van der Waals surface area contributed by atoms with Crippen LogP contribution in [0.25, 0.3) is 0 Å². The first-order chi connectivity index (χ1) is 19.7. The second-order valence-electron chi connectivity index (χ2n) is 13.3. The number of nitrogens with zero attached hydrogens (tertiary/aromatic N) is 3. The van der Waals surface area contributed by atoms with Crippen molar-refractivity contribution < 1.29 is 39.9 Å². The van der Waals surface area contributed by atoms with Crippen molar-refractivity contribution in [2.24, 2.45) is 31.5 Å². The lowest BCUT2D eigenvalue weighted by Gasteiger charge is -2.16. The van der Waals surface area contributed by atoms with E-state index in [1.807, 2.05) is 0 Å². The van der Waals surface area contributed by atoms with Gasteiger partial charge in [0, 0.05) is 28.5 Å². The Morgan fingerprint density at radius 2 is 0.682 bits per heavy atom. The van der Waals surface area contributed by atoms with Gasteiger partial charge in [-0.3, -0.25) is 14.4 Å². The third-order valence-electron chi connectivity index (χ3n) is 4.65. The highest BCUT2D eigenvalue weighted by molar-refractivity contribution is 6.04. The lowest BCUT2D eigenvalue weighted by molar-refractivity contribution is -0.129. The van der Waals surface area contributed by atoms with E-state index in [9.17, 15) is 29.7 Å². The molecule has 0 unspecified atom stereocenters. The average molecular weight is 625 g/mol. The molecule has 0 spiro atoms. The molecule has 44 heavy (non-hydrogen) atoms. The number of aliphatic hydroxyl groups is 2. The Hall–Kier alpha value is -4.04. The van der Waals surface area contributed by atoms with Gasteiger partial charge in [-0.05, 0) is 27.7 Å². The minimum Gasteiger partial charge on any atom is -0.506 e. The smallest absolute Gasteiger partial charge is 0.245 e. The van der Waals surface area contributed by atoms with Crippen LogP contribution in [0.2, 0.25) is 0 Å². The molecule has 0 aliphatic heterocycles. The molecule has 0 aliphatic carbocycles. The molecule has 0 atom stereocenters. The summed E-state index contributed by atoms with van der Waals surface area (Å²) in [6.07, 6.45) is 2.59. The van der Waals surface area contributed by atoms with Gasteiger partial charge in [0.1, 0.15) is 17.2 Å². The number of rotatable bonds is 6. The van der Waals surface area contributed by atoms with E-state index in [1.165, 1.54) is 0 Å². The van der Waals surface area contributed by atoms with Gasteiger partial charge in [-0.15, -0.1) is 0 Å². The van der Waals surface area contributed by atoms with Crippen LogP contribution in [0.3, 0.4) is 0 Å². The first-order valence-corrected chi connectivity index (χ1v) is 13.9. The maximum absolute atomic E-state index is 12.1. The van der Waals surface area contributed by atoms with Crippen LogP contribution in [0.4, 0.5) is 0 Å². The zero-order valence-electron chi connectivity index (χ0n) is 28.2. The molecule has 0 saturated carbocycles. The van der Waals surface area contributed by atoms with Crippen LogP contribution in [0, 0.1) is 16.2 Å². The lowest BCUT2D eigenvalue weighted by atomic mass is 9.96. The number of phenolic OH excluding ortho intramolecular Hbond substituents is 3. The number of hydrazone groups is 3. The van der Waals surface area contributed by atoms with Gasteiger partial charge in [0.25, 0.3) is 0 Å². The van der Waals surface area contributed by atoms with Crippen molar-refractivity contribution in [2.45, 2.75) is 102 Å². The molecule has 0 fully saturated rings. The third kappa shape index (κ3) is 16.6. The topological polar surface area (TPSA) is 226 Å². The van der Waals surface area contributed by atoms with Gasteiger partial charge in [0.15, 0.2) is 0 Å². The molecular weight excluding hydrogens is 572 g/mol. The fraction of sp³-hybridized carbons (Fsp3) is 0.600. The fourth-order valence-corrected chi connectivity index (χ4v) is 2.11. The van der Waals surface area contributed by atoms with E-state index >= 15 is 0 Å². The van der Waals surface area contributed by atoms with E-state index in [0.717, 1.165) is 18.6 Å². The largest absolute Gasteiger partial charge is 0.506 e. The van der Waals surface area contributed by atoms with Gasteiger partial charge < -0.3 is 25.5 Å². The normalized spacial score (nSPS) is 12.2. The predicted molar refractivity (Wildman–Crippen MR) is 172 cm³/mol. The van der Waals surface area contributed by atoms with Gasteiger partial charge in [-0.2, -0.15) is 15.3 Å². The number of phenols is 3. The summed E-state index contributed by atoms with van der Waals surface area (Å²) >= 11 is 0. The molecule has 14 heteroatoms. The Bertz CT molecular complexity index is 1030. The molecule has 0 saturated heterocycles. The number of hydrogen-bond acceptors (Lipinski definition) is 11. The lowest BCUT2D eigenvalue weighted by Crippen LogP contribution is -2.31. The summed E-state index contributed by atoms with van der Waals surface area (Å²) in [5, 5.41) is 59.5. The molecule has 0 heterocycles. The van der Waals surface area contributed by atoms with Gasteiger partial charge in [0.05, 0.1) is 35.3 Å².